The van der Waals surface area contributed by atoms with Crippen molar-refractivity contribution in [1.82, 2.24) is 9.78 Å². The third-order valence-electron chi connectivity index (χ3n) is 5.47. The molecule has 0 aliphatic heterocycles. The Bertz CT molecular complexity index is 1350. The van der Waals surface area contributed by atoms with Crippen LogP contribution < -0.4 is 0 Å². The van der Waals surface area contributed by atoms with E-state index in [0.717, 1.165) is 22.9 Å². The van der Waals surface area contributed by atoms with Crippen LogP contribution in [0, 0.1) is 10.1 Å². The highest BCUT2D eigenvalue weighted by Gasteiger charge is 2.36. The number of rotatable bonds is 8. The summed E-state index contributed by atoms with van der Waals surface area (Å²) in [5.41, 5.74) is 1.85. The van der Waals surface area contributed by atoms with E-state index in [1.165, 1.54) is 4.68 Å². The highest BCUT2D eigenvalue weighted by molar-refractivity contribution is 6.13. The van der Waals surface area contributed by atoms with Crippen LogP contribution in [0.4, 0.5) is 5.69 Å². The Morgan fingerprint density at radius 3 is 1.95 bits per heavy atom. The summed E-state index contributed by atoms with van der Waals surface area (Å²) in [7, 11) is 0. The van der Waals surface area contributed by atoms with E-state index in [0.29, 0.717) is 5.71 Å². The third-order valence-corrected chi connectivity index (χ3v) is 5.47. The molecule has 37 heavy (non-hydrogen) atoms. The molecule has 188 valence electrons. The summed E-state index contributed by atoms with van der Waals surface area (Å²) in [4.78, 5) is 30.0. The Morgan fingerprint density at radius 1 is 0.946 bits per heavy atom. The van der Waals surface area contributed by atoms with Crippen LogP contribution in [-0.2, 0) is 16.1 Å². The number of carbonyl (C=O) groups is 1. The average molecular weight is 497 g/mol. The Hall–Kier alpha value is -4.59. The second-order valence-electron chi connectivity index (χ2n) is 9.46. The first-order valence-electron chi connectivity index (χ1n) is 11.9. The molecule has 4 rings (SSSR count). The second-order valence-corrected chi connectivity index (χ2v) is 9.46. The number of ether oxygens (including phenoxy) is 1. The van der Waals surface area contributed by atoms with Crippen molar-refractivity contribution in [2.45, 2.75) is 39.0 Å². The van der Waals surface area contributed by atoms with Gasteiger partial charge in [0.25, 0.3) is 0 Å². The SMILES string of the molecule is CC(C)(C)OC(=O)[C@@H](N=C(c1ccccc1)c1ccccc1)c1c([N+](=O)[O-])cnn1Cc1ccccc1. The van der Waals surface area contributed by atoms with E-state index in [1.54, 1.807) is 20.8 Å². The fourth-order valence-electron chi connectivity index (χ4n) is 3.91. The van der Waals surface area contributed by atoms with Crippen molar-refractivity contribution >= 4 is 17.4 Å². The van der Waals surface area contributed by atoms with E-state index >= 15 is 0 Å². The predicted octanol–water partition coefficient (Wildman–Crippen LogP) is 5.76. The highest BCUT2D eigenvalue weighted by atomic mass is 16.6. The number of nitro groups is 1. The van der Waals surface area contributed by atoms with Crippen molar-refractivity contribution in [2.24, 2.45) is 4.99 Å². The molecule has 0 radical (unpaired) electrons. The molecule has 0 fully saturated rings. The quantitative estimate of drug-likeness (QED) is 0.134. The summed E-state index contributed by atoms with van der Waals surface area (Å²) in [5, 5.41) is 16.4. The molecule has 0 saturated heterocycles. The first kappa shape index (κ1) is 25.5. The molecule has 8 heteroatoms. The molecule has 3 aromatic carbocycles. The molecule has 0 unspecified atom stereocenters. The van der Waals surface area contributed by atoms with Crippen LogP contribution >= 0.6 is 0 Å². The lowest BCUT2D eigenvalue weighted by atomic mass is 10.0. The van der Waals surface area contributed by atoms with Gasteiger partial charge >= 0.3 is 11.7 Å². The van der Waals surface area contributed by atoms with E-state index in [4.69, 9.17) is 9.73 Å². The summed E-state index contributed by atoms with van der Waals surface area (Å²) < 4.78 is 7.18. The molecule has 0 aliphatic rings. The molecular weight excluding hydrogens is 468 g/mol. The van der Waals surface area contributed by atoms with Gasteiger partial charge in [-0.1, -0.05) is 91.0 Å². The van der Waals surface area contributed by atoms with Crippen LogP contribution in [0.25, 0.3) is 0 Å². The van der Waals surface area contributed by atoms with Gasteiger partial charge in [-0.05, 0) is 26.3 Å². The number of aliphatic imine (C=N–C) groups is 1. The van der Waals surface area contributed by atoms with Crippen LogP contribution in [-0.4, -0.2) is 32.0 Å². The smallest absolute Gasteiger partial charge is 0.337 e. The monoisotopic (exact) mass is 496 g/mol. The highest BCUT2D eigenvalue weighted by Crippen LogP contribution is 2.32. The van der Waals surface area contributed by atoms with Crippen LogP contribution in [0.3, 0.4) is 0 Å². The molecule has 0 saturated carbocycles. The molecule has 1 aromatic heterocycles. The molecule has 0 bridgehead atoms. The number of carbonyl (C=O) groups excluding carboxylic acids is 1. The van der Waals surface area contributed by atoms with Crippen molar-refractivity contribution in [1.29, 1.82) is 0 Å². The van der Waals surface area contributed by atoms with E-state index in [-0.39, 0.29) is 17.9 Å². The standard InChI is InChI=1S/C29H28N4O4/c1-29(2,3)37-28(34)26(31-25(22-15-9-5-10-16-22)23-17-11-6-12-18-23)27-24(33(35)36)19-30-32(27)20-21-13-7-4-8-14-21/h4-19,26H,20H2,1-3H3/t26-/m0/s1. The average Bonchev–Trinajstić information content (AvgIpc) is 3.28. The van der Waals surface area contributed by atoms with Crippen LogP contribution in [0.15, 0.2) is 102 Å². The second kappa shape index (κ2) is 11.0. The van der Waals surface area contributed by atoms with Gasteiger partial charge in [0.2, 0.25) is 0 Å². The maximum atomic E-state index is 13.6. The van der Waals surface area contributed by atoms with Crippen LogP contribution in [0.1, 0.15) is 49.2 Å². The van der Waals surface area contributed by atoms with Crippen molar-refractivity contribution < 1.29 is 14.5 Å². The Labute approximate surface area is 215 Å². The summed E-state index contributed by atoms with van der Waals surface area (Å²) in [6, 6.07) is 26.9. The molecule has 1 atom stereocenters. The first-order chi connectivity index (χ1) is 17.7. The topological polar surface area (TPSA) is 99.6 Å². The van der Waals surface area contributed by atoms with E-state index < -0.39 is 22.5 Å². The van der Waals surface area contributed by atoms with Crippen LogP contribution in [0.2, 0.25) is 0 Å². The van der Waals surface area contributed by atoms with Gasteiger partial charge in [0.1, 0.15) is 11.8 Å². The lowest BCUT2D eigenvalue weighted by Crippen LogP contribution is -2.29. The zero-order chi connectivity index (χ0) is 26.4. The van der Waals surface area contributed by atoms with E-state index in [2.05, 4.69) is 5.10 Å². The molecule has 4 aromatic rings. The minimum atomic E-state index is -1.33. The number of benzene rings is 3. The lowest BCUT2D eigenvalue weighted by Gasteiger charge is -2.23. The molecule has 8 nitrogen and oxygen atoms in total. The number of aromatic nitrogens is 2. The van der Waals surface area contributed by atoms with Crippen molar-refractivity contribution in [2.75, 3.05) is 0 Å². The molecule has 0 spiro atoms. The zero-order valence-electron chi connectivity index (χ0n) is 20.9. The van der Waals surface area contributed by atoms with Gasteiger partial charge < -0.3 is 4.74 Å². The zero-order valence-corrected chi connectivity index (χ0v) is 20.9. The Balaban J connectivity index is 1.94. The predicted molar refractivity (Wildman–Crippen MR) is 142 cm³/mol. The van der Waals surface area contributed by atoms with Crippen molar-refractivity contribution in [3.8, 4) is 0 Å². The van der Waals surface area contributed by atoms with Crippen molar-refractivity contribution in [3.05, 3.63) is 130 Å². The van der Waals surface area contributed by atoms with Gasteiger partial charge in [0, 0.05) is 11.1 Å². The largest absolute Gasteiger partial charge is 0.458 e. The van der Waals surface area contributed by atoms with Gasteiger partial charge in [-0.15, -0.1) is 0 Å². The number of nitrogens with zero attached hydrogens (tertiary/aromatic N) is 4. The van der Waals surface area contributed by atoms with Gasteiger partial charge in [-0.2, -0.15) is 5.10 Å². The molecule has 0 N–H and O–H groups in total. The summed E-state index contributed by atoms with van der Waals surface area (Å²) in [6.07, 6.45) is 1.16. The number of hydrogen-bond donors (Lipinski definition) is 0. The fourth-order valence-corrected chi connectivity index (χ4v) is 3.91. The normalized spacial score (nSPS) is 12.0. The lowest BCUT2D eigenvalue weighted by molar-refractivity contribution is -0.385. The van der Waals surface area contributed by atoms with Gasteiger partial charge in [0.15, 0.2) is 11.7 Å². The van der Waals surface area contributed by atoms with Crippen LogP contribution in [0.5, 0.6) is 0 Å². The van der Waals surface area contributed by atoms with Gasteiger partial charge in [0.05, 0.1) is 17.2 Å². The molecule has 0 aliphatic carbocycles. The molecule has 1 heterocycles. The van der Waals surface area contributed by atoms with Gasteiger partial charge in [-0.25, -0.2) is 4.79 Å². The molecule has 0 amide bonds. The number of hydrogen-bond acceptors (Lipinski definition) is 6. The fraction of sp³-hybridized carbons (Fsp3) is 0.207. The van der Waals surface area contributed by atoms with Gasteiger partial charge in [-0.3, -0.25) is 19.8 Å². The Morgan fingerprint density at radius 2 is 1.46 bits per heavy atom. The number of esters is 1. The third kappa shape index (κ3) is 6.35. The van der Waals surface area contributed by atoms with Crippen molar-refractivity contribution in [3.63, 3.8) is 0 Å². The maximum Gasteiger partial charge on any atom is 0.337 e. The minimum absolute atomic E-state index is 0.0625. The summed E-state index contributed by atoms with van der Waals surface area (Å²) in [6.45, 7) is 5.47. The summed E-state index contributed by atoms with van der Waals surface area (Å²) in [5.74, 6) is -0.699. The van der Waals surface area contributed by atoms with E-state index in [1.807, 2.05) is 91.0 Å². The van der Waals surface area contributed by atoms with E-state index in [9.17, 15) is 14.9 Å². The maximum absolute atomic E-state index is 13.6. The summed E-state index contributed by atoms with van der Waals surface area (Å²) >= 11 is 0. The Kier molecular flexibility index (Phi) is 7.57. The first-order valence-corrected chi connectivity index (χ1v) is 11.9. The minimum Gasteiger partial charge on any atom is -0.458 e. The molecular formula is C29H28N4O4.